The maximum Gasteiger partial charge on any atom is 0.240 e. The van der Waals surface area contributed by atoms with Crippen LogP contribution in [-0.4, -0.2) is 24.2 Å². The van der Waals surface area contributed by atoms with Crippen molar-refractivity contribution in [2.75, 3.05) is 14.2 Å². The van der Waals surface area contributed by atoms with Crippen LogP contribution in [0.15, 0.2) is 24.4 Å². The van der Waals surface area contributed by atoms with Crippen LogP contribution in [0, 0.1) is 12.7 Å². The van der Waals surface area contributed by atoms with Crippen LogP contribution in [0.4, 0.5) is 4.39 Å². The lowest BCUT2D eigenvalue weighted by molar-refractivity contribution is 0.352. The number of nitrogens with two attached hydrogens (primary N) is 1. The number of nitrogens with one attached hydrogen (secondary N) is 1. The molecule has 0 radical (unpaired) electrons. The number of aryl methyl sites for hydroxylation is 1. The number of hydrogen-bond donors (Lipinski definition) is 2. The van der Waals surface area contributed by atoms with Crippen LogP contribution in [0.2, 0.25) is 0 Å². The number of methoxy groups -OCH3 is 2. The standard InChI is InChI=1S/C14H17FN4O2/c1-8-6-9(15)4-5-10(8)12(19-16)13-14(21-3)18-11(20-2)7-17-13/h4-7,12,19H,16H2,1-3H3. The summed E-state index contributed by atoms with van der Waals surface area (Å²) in [6, 6.07) is 3.98. The van der Waals surface area contributed by atoms with E-state index in [-0.39, 0.29) is 5.82 Å². The van der Waals surface area contributed by atoms with Gasteiger partial charge in [-0.3, -0.25) is 5.84 Å². The first-order chi connectivity index (χ1) is 10.1. The molecular formula is C14H17FN4O2. The molecule has 1 unspecified atom stereocenters. The summed E-state index contributed by atoms with van der Waals surface area (Å²) in [5.41, 5.74) is 4.69. The van der Waals surface area contributed by atoms with Crippen molar-refractivity contribution in [1.29, 1.82) is 0 Å². The van der Waals surface area contributed by atoms with E-state index in [1.165, 1.54) is 32.5 Å². The van der Waals surface area contributed by atoms with Crippen LogP contribution in [0.3, 0.4) is 0 Å². The highest BCUT2D eigenvalue weighted by Crippen LogP contribution is 2.29. The minimum absolute atomic E-state index is 0.293. The maximum atomic E-state index is 13.2. The lowest BCUT2D eigenvalue weighted by atomic mass is 9.99. The quantitative estimate of drug-likeness (QED) is 0.642. The average molecular weight is 292 g/mol. The number of hydrazine groups is 1. The number of halogens is 1. The smallest absolute Gasteiger partial charge is 0.240 e. The molecule has 7 heteroatoms. The Balaban J connectivity index is 2.50. The molecule has 0 aliphatic heterocycles. The second-order valence-corrected chi connectivity index (χ2v) is 4.41. The Morgan fingerprint density at radius 3 is 2.62 bits per heavy atom. The molecule has 0 spiro atoms. The zero-order chi connectivity index (χ0) is 15.4. The van der Waals surface area contributed by atoms with Gasteiger partial charge in [0, 0.05) is 0 Å². The topological polar surface area (TPSA) is 82.3 Å². The molecule has 112 valence electrons. The maximum absolute atomic E-state index is 13.2. The van der Waals surface area contributed by atoms with Crippen LogP contribution in [0.25, 0.3) is 0 Å². The highest BCUT2D eigenvalue weighted by atomic mass is 19.1. The van der Waals surface area contributed by atoms with Crippen molar-refractivity contribution in [2.45, 2.75) is 13.0 Å². The normalized spacial score (nSPS) is 12.0. The van der Waals surface area contributed by atoms with Crippen LogP contribution in [0.5, 0.6) is 11.8 Å². The van der Waals surface area contributed by atoms with E-state index in [9.17, 15) is 4.39 Å². The molecule has 3 N–H and O–H groups in total. The number of hydrogen-bond acceptors (Lipinski definition) is 6. The molecule has 0 saturated carbocycles. The van der Waals surface area contributed by atoms with Crippen molar-refractivity contribution in [3.8, 4) is 11.8 Å². The van der Waals surface area contributed by atoms with Gasteiger partial charge in [0.1, 0.15) is 11.5 Å². The Morgan fingerprint density at radius 2 is 2.05 bits per heavy atom. The van der Waals surface area contributed by atoms with Gasteiger partial charge >= 0.3 is 0 Å². The van der Waals surface area contributed by atoms with Gasteiger partial charge in [0.2, 0.25) is 11.8 Å². The Bertz CT molecular complexity index is 636. The van der Waals surface area contributed by atoms with E-state index in [1.807, 2.05) is 0 Å². The van der Waals surface area contributed by atoms with E-state index < -0.39 is 6.04 Å². The van der Waals surface area contributed by atoms with Crippen molar-refractivity contribution in [3.05, 3.63) is 47.0 Å². The molecule has 21 heavy (non-hydrogen) atoms. The van der Waals surface area contributed by atoms with Crippen molar-refractivity contribution in [1.82, 2.24) is 15.4 Å². The Hall–Kier alpha value is -2.25. The summed E-state index contributed by atoms with van der Waals surface area (Å²) in [6.45, 7) is 1.80. The molecule has 6 nitrogen and oxygen atoms in total. The van der Waals surface area contributed by atoms with Gasteiger partial charge in [0.15, 0.2) is 0 Å². The molecule has 1 aromatic carbocycles. The average Bonchev–Trinajstić information content (AvgIpc) is 2.50. The molecule has 1 atom stereocenters. The summed E-state index contributed by atoms with van der Waals surface area (Å²) in [6.07, 6.45) is 1.47. The first kappa shape index (κ1) is 15.1. The summed E-state index contributed by atoms with van der Waals surface area (Å²) in [4.78, 5) is 8.46. The number of rotatable bonds is 5. The van der Waals surface area contributed by atoms with Crippen LogP contribution in [0.1, 0.15) is 22.9 Å². The van der Waals surface area contributed by atoms with Gasteiger partial charge in [-0.25, -0.2) is 14.8 Å². The van der Waals surface area contributed by atoms with Crippen LogP contribution < -0.4 is 20.7 Å². The summed E-state index contributed by atoms with van der Waals surface area (Å²) in [7, 11) is 2.98. The molecule has 0 saturated heterocycles. The van der Waals surface area contributed by atoms with Gasteiger partial charge in [-0.2, -0.15) is 4.98 Å². The minimum Gasteiger partial charge on any atom is -0.480 e. The zero-order valence-electron chi connectivity index (χ0n) is 12.1. The SMILES string of the molecule is COc1cnc(C(NN)c2ccc(F)cc2C)c(OC)n1. The number of benzene rings is 1. The fraction of sp³-hybridized carbons (Fsp3) is 0.286. The van der Waals surface area contributed by atoms with Crippen molar-refractivity contribution < 1.29 is 13.9 Å². The summed E-state index contributed by atoms with van der Waals surface area (Å²) in [5, 5.41) is 0. The number of aromatic nitrogens is 2. The molecule has 2 rings (SSSR count). The van der Waals surface area contributed by atoms with Crippen molar-refractivity contribution >= 4 is 0 Å². The molecule has 1 aromatic heterocycles. The third kappa shape index (κ3) is 3.09. The number of ether oxygens (including phenoxy) is 2. The monoisotopic (exact) mass is 292 g/mol. The first-order valence-electron chi connectivity index (χ1n) is 6.27. The van der Waals surface area contributed by atoms with Crippen LogP contribution >= 0.6 is 0 Å². The van der Waals surface area contributed by atoms with Gasteiger partial charge in [-0.15, -0.1) is 0 Å². The van der Waals surface area contributed by atoms with Gasteiger partial charge < -0.3 is 9.47 Å². The third-order valence-electron chi connectivity index (χ3n) is 3.13. The van der Waals surface area contributed by atoms with E-state index >= 15 is 0 Å². The second-order valence-electron chi connectivity index (χ2n) is 4.41. The largest absolute Gasteiger partial charge is 0.480 e. The fourth-order valence-electron chi connectivity index (χ4n) is 2.09. The minimum atomic E-state index is -0.473. The van der Waals surface area contributed by atoms with Gasteiger partial charge in [0.05, 0.1) is 26.5 Å². The lowest BCUT2D eigenvalue weighted by Gasteiger charge is -2.19. The lowest BCUT2D eigenvalue weighted by Crippen LogP contribution is -2.30. The van der Waals surface area contributed by atoms with Crippen molar-refractivity contribution in [3.63, 3.8) is 0 Å². The Kier molecular flexibility index (Phi) is 4.66. The van der Waals surface area contributed by atoms with Gasteiger partial charge in [-0.05, 0) is 30.2 Å². The summed E-state index contributed by atoms with van der Waals surface area (Å²) in [5.74, 6) is 5.96. The van der Waals surface area contributed by atoms with E-state index in [1.54, 1.807) is 13.0 Å². The predicted octanol–water partition coefficient (Wildman–Crippen LogP) is 1.49. The van der Waals surface area contributed by atoms with E-state index in [0.717, 1.165) is 11.1 Å². The van der Waals surface area contributed by atoms with E-state index in [4.69, 9.17) is 15.3 Å². The summed E-state index contributed by atoms with van der Waals surface area (Å²) < 4.78 is 23.5. The van der Waals surface area contributed by atoms with Crippen molar-refractivity contribution in [2.24, 2.45) is 5.84 Å². The molecule has 0 fully saturated rings. The molecular weight excluding hydrogens is 275 g/mol. The van der Waals surface area contributed by atoms with E-state index in [2.05, 4.69) is 15.4 Å². The molecule has 1 heterocycles. The Labute approximate surface area is 122 Å². The van der Waals surface area contributed by atoms with E-state index in [0.29, 0.717) is 17.5 Å². The number of nitrogens with zero attached hydrogens (tertiary/aromatic N) is 2. The zero-order valence-corrected chi connectivity index (χ0v) is 12.1. The Morgan fingerprint density at radius 1 is 1.29 bits per heavy atom. The molecule has 2 aromatic rings. The molecule has 0 amide bonds. The highest BCUT2D eigenvalue weighted by molar-refractivity contribution is 5.38. The molecule has 0 bridgehead atoms. The fourth-order valence-corrected chi connectivity index (χ4v) is 2.09. The molecule has 0 aliphatic rings. The third-order valence-corrected chi connectivity index (χ3v) is 3.13. The predicted molar refractivity (Wildman–Crippen MR) is 75.4 cm³/mol. The second kappa shape index (κ2) is 6.47. The van der Waals surface area contributed by atoms with Gasteiger partial charge in [0.25, 0.3) is 0 Å². The highest BCUT2D eigenvalue weighted by Gasteiger charge is 2.22. The van der Waals surface area contributed by atoms with Gasteiger partial charge in [-0.1, -0.05) is 6.07 Å². The first-order valence-corrected chi connectivity index (χ1v) is 6.27. The molecule has 0 aliphatic carbocycles. The summed E-state index contributed by atoms with van der Waals surface area (Å²) >= 11 is 0. The van der Waals surface area contributed by atoms with Crippen LogP contribution in [-0.2, 0) is 0 Å².